The second-order valence-corrected chi connectivity index (χ2v) is 8.50. The Morgan fingerprint density at radius 2 is 2.19 bits per heavy atom. The lowest BCUT2D eigenvalue weighted by Gasteiger charge is -2.59. The van der Waals surface area contributed by atoms with E-state index in [1.807, 2.05) is 6.07 Å². The van der Waals surface area contributed by atoms with Gasteiger partial charge in [0.2, 0.25) is 0 Å². The zero-order valence-corrected chi connectivity index (χ0v) is 15.2. The molecule has 3 N–H and O–H groups in total. The molecule has 0 aromatic heterocycles. The molecule has 5 rings (SSSR count). The van der Waals surface area contributed by atoms with E-state index in [-0.39, 0.29) is 29.4 Å². The number of aliphatic hydroxyl groups is 2. The summed E-state index contributed by atoms with van der Waals surface area (Å²) in [4.78, 5) is 15.2. The molecule has 1 spiro atoms. The van der Waals surface area contributed by atoms with Gasteiger partial charge in [0.25, 0.3) is 0 Å². The van der Waals surface area contributed by atoms with Gasteiger partial charge in [0.1, 0.15) is 5.60 Å². The first-order valence-electron chi connectivity index (χ1n) is 9.52. The predicted octanol–water partition coefficient (Wildman–Crippen LogP) is 0.727. The molecule has 2 saturated heterocycles. The van der Waals surface area contributed by atoms with Crippen molar-refractivity contribution < 1.29 is 19.7 Å². The Morgan fingerprint density at radius 3 is 2.92 bits per heavy atom. The van der Waals surface area contributed by atoms with Crippen LogP contribution in [0.3, 0.4) is 0 Å². The molecule has 3 aliphatic heterocycles. The third-order valence-corrected chi connectivity index (χ3v) is 7.71. The number of aliphatic hydroxyl groups excluding tert-OH is 1. The maximum atomic E-state index is 12.9. The summed E-state index contributed by atoms with van der Waals surface area (Å²) in [5.74, 6) is -1.10. The van der Waals surface area contributed by atoms with Gasteiger partial charge in [0.05, 0.1) is 25.2 Å². The first-order valence-corrected chi connectivity index (χ1v) is 9.52. The van der Waals surface area contributed by atoms with Crippen LogP contribution in [0.1, 0.15) is 25.3 Å². The standard InChI is InChI=1S/C20H26N2O4/c1-11(23)20(25)10-22-8-7-19-12-5-3-4-6-14(12)21-17(19)16(18(24)26-2)13(20)9-15(19)22/h3-6,11,13,15-17,21,23,25H,7-10H2,1-2H3/t11-,13+,15-,16?,17+,19?,20+/m0/s1. The van der Waals surface area contributed by atoms with Crippen LogP contribution < -0.4 is 5.32 Å². The zero-order chi connectivity index (χ0) is 18.3. The van der Waals surface area contributed by atoms with Gasteiger partial charge in [0, 0.05) is 29.6 Å². The molecular weight excluding hydrogens is 332 g/mol. The predicted molar refractivity (Wildman–Crippen MR) is 95.8 cm³/mol. The molecule has 2 bridgehead atoms. The van der Waals surface area contributed by atoms with E-state index in [9.17, 15) is 15.0 Å². The summed E-state index contributed by atoms with van der Waals surface area (Å²) in [7, 11) is 1.41. The Labute approximate surface area is 153 Å². The van der Waals surface area contributed by atoms with E-state index in [0.29, 0.717) is 13.0 Å². The molecule has 140 valence electrons. The minimum atomic E-state index is -1.30. The third kappa shape index (κ3) is 1.75. The largest absolute Gasteiger partial charge is 0.469 e. The highest BCUT2D eigenvalue weighted by Crippen LogP contribution is 2.62. The van der Waals surface area contributed by atoms with Gasteiger partial charge in [-0.2, -0.15) is 0 Å². The number of anilines is 1. The molecule has 1 aliphatic carbocycles. The lowest BCUT2D eigenvalue weighted by Crippen LogP contribution is -2.72. The molecule has 3 heterocycles. The average molecular weight is 358 g/mol. The summed E-state index contributed by atoms with van der Waals surface area (Å²) >= 11 is 0. The normalized spacial score (nSPS) is 44.0. The number of rotatable bonds is 2. The average Bonchev–Trinajstić information content (AvgIpc) is 3.18. The van der Waals surface area contributed by atoms with E-state index in [1.54, 1.807) is 6.92 Å². The SMILES string of the molecule is COC(=O)C1[C@H]2Nc3ccccc3C23CCN2C[C@@](O)([C@H](C)O)[C@@H]1C[C@H]23. The first kappa shape index (κ1) is 16.5. The van der Waals surface area contributed by atoms with Crippen LogP contribution in [0.15, 0.2) is 24.3 Å². The van der Waals surface area contributed by atoms with Gasteiger partial charge in [-0.25, -0.2) is 0 Å². The summed E-state index contributed by atoms with van der Waals surface area (Å²) in [6, 6.07) is 8.48. The van der Waals surface area contributed by atoms with Crippen LogP contribution in [0.2, 0.25) is 0 Å². The van der Waals surface area contributed by atoms with Gasteiger partial charge < -0.3 is 20.3 Å². The van der Waals surface area contributed by atoms with Crippen LogP contribution in [0.5, 0.6) is 0 Å². The van der Waals surface area contributed by atoms with Crippen LogP contribution >= 0.6 is 0 Å². The second-order valence-electron chi connectivity index (χ2n) is 8.50. The van der Waals surface area contributed by atoms with Crippen molar-refractivity contribution in [3.63, 3.8) is 0 Å². The fourth-order valence-corrected chi connectivity index (χ4v) is 6.55. The number of ether oxygens (including phenoxy) is 1. The number of esters is 1. The summed E-state index contributed by atoms with van der Waals surface area (Å²) in [5, 5.41) is 25.4. The van der Waals surface area contributed by atoms with Gasteiger partial charge in [-0.3, -0.25) is 9.69 Å². The maximum absolute atomic E-state index is 12.9. The number of nitrogens with one attached hydrogen (secondary N) is 1. The van der Waals surface area contributed by atoms with Crippen molar-refractivity contribution in [1.82, 2.24) is 4.90 Å². The molecule has 6 heteroatoms. The van der Waals surface area contributed by atoms with Crippen LogP contribution in [-0.4, -0.2) is 65.1 Å². The van der Waals surface area contributed by atoms with Crippen molar-refractivity contribution >= 4 is 11.7 Å². The number of benzene rings is 1. The number of fused-ring (bicyclic) bond motifs is 2. The van der Waals surface area contributed by atoms with E-state index in [0.717, 1.165) is 18.7 Å². The highest BCUT2D eigenvalue weighted by atomic mass is 16.5. The second kappa shape index (κ2) is 5.21. The Morgan fingerprint density at radius 1 is 1.42 bits per heavy atom. The number of piperidine rings is 1. The smallest absolute Gasteiger partial charge is 0.311 e. The minimum Gasteiger partial charge on any atom is -0.469 e. The van der Waals surface area contributed by atoms with Crippen LogP contribution in [0.4, 0.5) is 5.69 Å². The zero-order valence-electron chi connectivity index (χ0n) is 15.2. The van der Waals surface area contributed by atoms with Crippen molar-refractivity contribution in [2.45, 2.75) is 49.0 Å². The Hall–Kier alpha value is -1.63. The number of para-hydroxylation sites is 1. The van der Waals surface area contributed by atoms with Gasteiger partial charge in [-0.15, -0.1) is 0 Å². The van der Waals surface area contributed by atoms with E-state index >= 15 is 0 Å². The lowest BCUT2D eigenvalue weighted by atomic mass is 9.53. The van der Waals surface area contributed by atoms with Gasteiger partial charge in [-0.1, -0.05) is 18.2 Å². The third-order valence-electron chi connectivity index (χ3n) is 7.71. The fraction of sp³-hybridized carbons (Fsp3) is 0.650. The highest BCUT2D eigenvalue weighted by Gasteiger charge is 2.70. The lowest BCUT2D eigenvalue weighted by molar-refractivity contribution is -0.195. The summed E-state index contributed by atoms with van der Waals surface area (Å²) in [5.41, 5.74) is 0.933. The quantitative estimate of drug-likeness (QED) is 0.676. The summed E-state index contributed by atoms with van der Waals surface area (Å²) in [6.07, 6.45) is 0.744. The van der Waals surface area contributed by atoms with Crippen molar-refractivity contribution in [3.05, 3.63) is 29.8 Å². The molecule has 6 nitrogen and oxygen atoms in total. The van der Waals surface area contributed by atoms with Gasteiger partial charge >= 0.3 is 5.97 Å². The molecule has 7 atom stereocenters. The Balaban J connectivity index is 1.70. The fourth-order valence-electron chi connectivity index (χ4n) is 6.55. The molecule has 1 aromatic rings. The van der Waals surface area contributed by atoms with Crippen molar-refractivity contribution in [2.24, 2.45) is 11.8 Å². The van der Waals surface area contributed by atoms with Gasteiger partial charge in [0.15, 0.2) is 0 Å². The van der Waals surface area contributed by atoms with Crippen LogP contribution in [0.25, 0.3) is 0 Å². The number of methoxy groups -OCH3 is 1. The molecule has 2 unspecified atom stereocenters. The van der Waals surface area contributed by atoms with Gasteiger partial charge in [-0.05, 0) is 37.9 Å². The van der Waals surface area contributed by atoms with Crippen molar-refractivity contribution in [3.8, 4) is 0 Å². The Bertz CT molecular complexity index is 768. The highest BCUT2D eigenvalue weighted by molar-refractivity contribution is 5.78. The van der Waals surface area contributed by atoms with E-state index in [4.69, 9.17) is 4.74 Å². The molecule has 0 radical (unpaired) electrons. The topological polar surface area (TPSA) is 82.0 Å². The number of carbonyl (C=O) groups is 1. The van der Waals surface area contributed by atoms with E-state index in [2.05, 4.69) is 28.4 Å². The molecule has 3 fully saturated rings. The van der Waals surface area contributed by atoms with Crippen molar-refractivity contribution in [2.75, 3.05) is 25.5 Å². The number of hydrogen-bond acceptors (Lipinski definition) is 6. The minimum absolute atomic E-state index is 0.119. The van der Waals surface area contributed by atoms with E-state index in [1.165, 1.54) is 12.7 Å². The molecule has 4 aliphatic rings. The van der Waals surface area contributed by atoms with Crippen molar-refractivity contribution in [1.29, 1.82) is 0 Å². The maximum Gasteiger partial charge on any atom is 0.311 e. The Kier molecular flexibility index (Phi) is 3.31. The first-order chi connectivity index (χ1) is 12.4. The molecule has 26 heavy (non-hydrogen) atoms. The number of carbonyl (C=O) groups excluding carboxylic acids is 1. The number of hydrogen-bond donors (Lipinski definition) is 3. The monoisotopic (exact) mass is 358 g/mol. The molecule has 1 saturated carbocycles. The van der Waals surface area contributed by atoms with Crippen LogP contribution in [0, 0.1) is 11.8 Å². The molecule has 0 amide bonds. The summed E-state index contributed by atoms with van der Waals surface area (Å²) in [6.45, 7) is 2.90. The molecule has 1 aromatic carbocycles. The van der Waals surface area contributed by atoms with E-state index < -0.39 is 17.6 Å². The van der Waals surface area contributed by atoms with Crippen LogP contribution in [-0.2, 0) is 14.9 Å². The summed E-state index contributed by atoms with van der Waals surface area (Å²) < 4.78 is 5.18. The molecular formula is C20H26N2O4. The number of nitrogens with zero attached hydrogens (tertiary/aromatic N) is 1.